The minimum absolute atomic E-state index is 0.227. The van der Waals surface area contributed by atoms with Crippen LogP contribution in [0.1, 0.15) is 43.7 Å². The van der Waals surface area contributed by atoms with Gasteiger partial charge in [-0.15, -0.1) is 0 Å². The fourth-order valence-corrected chi connectivity index (χ4v) is 8.19. The highest BCUT2D eigenvalue weighted by Gasteiger charge is 2.54. The highest BCUT2D eigenvalue weighted by molar-refractivity contribution is 8.04. The molecule has 0 saturated heterocycles. The van der Waals surface area contributed by atoms with Gasteiger partial charge in [0.25, 0.3) is 0 Å². The summed E-state index contributed by atoms with van der Waals surface area (Å²) in [4.78, 5) is 14.6. The molecular formula is C40H20Cl2N4O3S. The van der Waals surface area contributed by atoms with E-state index in [1.165, 1.54) is 17.8 Å². The lowest BCUT2D eigenvalue weighted by atomic mass is 9.77. The first kappa shape index (κ1) is 30.2. The first-order valence-corrected chi connectivity index (χ1v) is 17.0. The fourth-order valence-electron chi connectivity index (χ4n) is 6.84. The topological polar surface area (TPSA) is 107 Å². The molecule has 2 N–H and O–H groups in total. The molecule has 0 aromatic heterocycles. The van der Waals surface area contributed by atoms with E-state index in [2.05, 4.69) is 22.8 Å². The van der Waals surface area contributed by atoms with Crippen LogP contribution in [-0.4, -0.2) is 5.97 Å². The second-order valence-electron chi connectivity index (χ2n) is 11.9. The molecule has 0 fully saturated rings. The number of carbonyl (C=O) groups is 1. The van der Waals surface area contributed by atoms with Crippen molar-refractivity contribution in [1.82, 2.24) is 0 Å². The summed E-state index contributed by atoms with van der Waals surface area (Å²) in [5.41, 5.74) is 5.93. The molecule has 4 heterocycles. The van der Waals surface area contributed by atoms with Gasteiger partial charge in [-0.1, -0.05) is 83.5 Å². The molecule has 1 spiro atoms. The largest absolute Gasteiger partial charge is 0.456 e. The number of nitriles is 2. The number of allylic oxidation sites excluding steroid dienone is 3. The van der Waals surface area contributed by atoms with Crippen molar-refractivity contribution in [2.45, 2.75) is 10.5 Å². The second-order valence-corrected chi connectivity index (χ2v) is 13.8. The smallest absolute Gasteiger partial charge is 0.340 e. The standard InChI is InChI=1S/C40H20Cl2N4O3S/c41-30-17-24-29(18-31(30)42)40(49-39(24)47)27-12-9-22(25(19-43)33-14-11-21-5-1-2-6-32(21)45-33)15-35(27)48-36-16-23(10-13-28(36)40)26(20-44)38-46-34-7-3-4-8-37(34)50-38/h1-18,45-46H/b33-25+,38-26-. The van der Waals surface area contributed by atoms with Gasteiger partial charge in [-0.25, -0.2) is 4.79 Å². The number of hydrogen-bond donors (Lipinski definition) is 2. The maximum Gasteiger partial charge on any atom is 0.340 e. The van der Waals surface area contributed by atoms with Crippen LogP contribution in [0.4, 0.5) is 11.4 Å². The first-order valence-electron chi connectivity index (χ1n) is 15.5. The SMILES string of the molecule is N#C/C(=C1/C=Cc2ccccc2N1)c1ccc2c(c1)Oc1cc(/C(C#N)=C3/Nc4ccccc4S3)ccc1C21OC(=O)c2cc(Cl)c(Cl)cc21. The van der Waals surface area contributed by atoms with Crippen LogP contribution in [0.3, 0.4) is 0 Å². The molecule has 7 nitrogen and oxygen atoms in total. The van der Waals surface area contributed by atoms with Crippen LogP contribution >= 0.6 is 35.0 Å². The molecule has 0 bridgehead atoms. The summed E-state index contributed by atoms with van der Waals surface area (Å²) in [5.74, 6) is 0.188. The summed E-state index contributed by atoms with van der Waals surface area (Å²) < 4.78 is 13.0. The second kappa shape index (κ2) is 11.3. The number of hydrogen-bond acceptors (Lipinski definition) is 8. The number of carbonyl (C=O) groups excluding carboxylic acids is 1. The molecule has 9 rings (SSSR count). The van der Waals surface area contributed by atoms with Gasteiger partial charge >= 0.3 is 5.97 Å². The number of nitrogens with one attached hydrogen (secondary N) is 2. The van der Waals surface area contributed by atoms with E-state index in [0.717, 1.165) is 21.8 Å². The van der Waals surface area contributed by atoms with E-state index < -0.39 is 11.6 Å². The number of ether oxygens (including phenoxy) is 2. The van der Waals surface area contributed by atoms with Crippen molar-refractivity contribution in [1.29, 1.82) is 10.5 Å². The van der Waals surface area contributed by atoms with Gasteiger partial charge in [0, 0.05) is 27.3 Å². The van der Waals surface area contributed by atoms with Crippen molar-refractivity contribution in [3.63, 3.8) is 0 Å². The number of halogens is 2. The fraction of sp³-hybridized carbons (Fsp3) is 0.0250. The van der Waals surface area contributed by atoms with Gasteiger partial charge in [0.05, 0.1) is 43.2 Å². The summed E-state index contributed by atoms with van der Waals surface area (Å²) in [6, 6.07) is 34.4. The molecule has 5 aromatic rings. The third-order valence-corrected chi connectivity index (χ3v) is 11.0. The van der Waals surface area contributed by atoms with Gasteiger partial charge in [0.2, 0.25) is 0 Å². The van der Waals surface area contributed by atoms with Gasteiger partial charge in [-0.05, 0) is 77.4 Å². The Hall–Kier alpha value is -5.90. The highest BCUT2D eigenvalue weighted by Crippen LogP contribution is 2.58. The maximum atomic E-state index is 13.6. The predicted octanol–water partition coefficient (Wildman–Crippen LogP) is 10.3. The van der Waals surface area contributed by atoms with E-state index in [-0.39, 0.29) is 15.6 Å². The first-order chi connectivity index (χ1) is 24.4. The molecular weight excluding hydrogens is 687 g/mol. The van der Waals surface area contributed by atoms with Crippen LogP contribution in [0.2, 0.25) is 10.0 Å². The zero-order valence-corrected chi connectivity index (χ0v) is 28.0. The maximum absolute atomic E-state index is 13.6. The third kappa shape index (κ3) is 4.47. The number of esters is 1. The van der Waals surface area contributed by atoms with E-state index in [1.54, 1.807) is 18.2 Å². The number of thioether (sulfide) groups is 1. The molecule has 0 aliphatic carbocycles. The lowest BCUT2D eigenvalue weighted by Gasteiger charge is -2.37. The summed E-state index contributed by atoms with van der Waals surface area (Å²) in [6.45, 7) is 0. The van der Waals surface area contributed by atoms with Crippen molar-refractivity contribution in [2.24, 2.45) is 0 Å². The highest BCUT2D eigenvalue weighted by atomic mass is 35.5. The van der Waals surface area contributed by atoms with E-state index >= 15 is 0 Å². The molecule has 10 heteroatoms. The normalized spacial score (nSPS) is 19.2. The Labute approximate surface area is 300 Å². The molecule has 4 aliphatic rings. The van der Waals surface area contributed by atoms with Crippen molar-refractivity contribution in [3.05, 3.63) is 163 Å². The monoisotopic (exact) mass is 706 g/mol. The van der Waals surface area contributed by atoms with Gasteiger partial charge < -0.3 is 20.1 Å². The molecule has 1 atom stereocenters. The molecule has 0 saturated carbocycles. The number of fused-ring (bicyclic) bond motifs is 8. The zero-order chi connectivity index (χ0) is 34.1. The number of rotatable bonds is 2. The van der Waals surface area contributed by atoms with Crippen LogP contribution in [0, 0.1) is 22.7 Å². The van der Waals surface area contributed by atoms with Crippen LogP contribution < -0.4 is 15.4 Å². The van der Waals surface area contributed by atoms with E-state index in [9.17, 15) is 15.3 Å². The molecule has 1 unspecified atom stereocenters. The van der Waals surface area contributed by atoms with Gasteiger partial charge in [-0.3, -0.25) is 0 Å². The summed E-state index contributed by atoms with van der Waals surface area (Å²) in [6.07, 6.45) is 3.83. The summed E-state index contributed by atoms with van der Waals surface area (Å²) >= 11 is 14.4. The molecule has 0 amide bonds. The number of nitrogens with zero attached hydrogens (tertiary/aromatic N) is 2. The summed E-state index contributed by atoms with van der Waals surface area (Å²) in [7, 11) is 0. The number of anilines is 2. The van der Waals surface area contributed by atoms with E-state index in [4.69, 9.17) is 32.7 Å². The average Bonchev–Trinajstić information content (AvgIpc) is 3.68. The Morgan fingerprint density at radius 2 is 1.38 bits per heavy atom. The molecule has 0 radical (unpaired) electrons. The van der Waals surface area contributed by atoms with E-state index in [0.29, 0.717) is 61.2 Å². The average molecular weight is 708 g/mol. The van der Waals surface area contributed by atoms with Gasteiger partial charge in [0.1, 0.15) is 23.6 Å². The quantitative estimate of drug-likeness (QED) is 0.138. The number of benzene rings is 5. The van der Waals surface area contributed by atoms with Crippen LogP contribution in [-0.2, 0) is 10.3 Å². The van der Waals surface area contributed by atoms with E-state index in [1.807, 2.05) is 84.9 Å². The number of para-hydroxylation sites is 2. The minimum atomic E-state index is -1.45. The van der Waals surface area contributed by atoms with Crippen LogP contribution in [0.25, 0.3) is 17.2 Å². The van der Waals surface area contributed by atoms with Crippen LogP contribution in [0.15, 0.2) is 119 Å². The summed E-state index contributed by atoms with van der Waals surface area (Å²) in [5, 5.41) is 28.7. The molecule has 4 aliphatic heterocycles. The Balaban J connectivity index is 1.22. The molecule has 5 aromatic carbocycles. The molecule has 238 valence electrons. The molecule has 50 heavy (non-hydrogen) atoms. The Morgan fingerprint density at radius 3 is 2.10 bits per heavy atom. The Morgan fingerprint density at radius 1 is 0.720 bits per heavy atom. The van der Waals surface area contributed by atoms with Crippen molar-refractivity contribution in [3.8, 4) is 23.6 Å². The Kier molecular flexibility index (Phi) is 6.84. The Bertz CT molecular complexity index is 2540. The lowest BCUT2D eigenvalue weighted by molar-refractivity contribution is 0.0224. The van der Waals surface area contributed by atoms with Crippen LogP contribution in [0.5, 0.6) is 11.5 Å². The van der Waals surface area contributed by atoms with Gasteiger partial charge in [0.15, 0.2) is 5.60 Å². The lowest BCUT2D eigenvalue weighted by Crippen LogP contribution is -2.33. The van der Waals surface area contributed by atoms with Crippen molar-refractivity contribution < 1.29 is 14.3 Å². The van der Waals surface area contributed by atoms with Gasteiger partial charge in [-0.2, -0.15) is 10.5 Å². The third-order valence-electron chi connectivity index (χ3n) is 9.15. The predicted molar refractivity (Wildman–Crippen MR) is 195 cm³/mol. The minimum Gasteiger partial charge on any atom is -0.456 e. The van der Waals surface area contributed by atoms with Crippen molar-refractivity contribution in [2.75, 3.05) is 10.6 Å². The zero-order valence-electron chi connectivity index (χ0n) is 25.7. The van der Waals surface area contributed by atoms with Crippen molar-refractivity contribution >= 4 is 69.5 Å².